The van der Waals surface area contributed by atoms with E-state index < -0.39 is 11.4 Å². The minimum atomic E-state index is -0.750. The van der Waals surface area contributed by atoms with E-state index in [1.807, 2.05) is 13.8 Å². The van der Waals surface area contributed by atoms with Crippen molar-refractivity contribution < 1.29 is 15.0 Å². The third-order valence-electron chi connectivity index (χ3n) is 4.11. The monoisotopic (exact) mass is 248 g/mol. The third kappa shape index (κ3) is 1.98. The summed E-state index contributed by atoms with van der Waals surface area (Å²) in [6.45, 7) is 3.78. The lowest BCUT2D eigenvalue weighted by molar-refractivity contribution is -0.145. The van der Waals surface area contributed by atoms with Crippen molar-refractivity contribution in [3.05, 3.63) is 28.8 Å². The van der Waals surface area contributed by atoms with Gasteiger partial charge in [-0.3, -0.25) is 4.79 Å². The zero-order valence-corrected chi connectivity index (χ0v) is 11.0. The van der Waals surface area contributed by atoms with Crippen LogP contribution in [0.3, 0.4) is 0 Å². The SMILES string of the molecule is Cc1cc(O)cc(C)c1C1(C(=O)O)CCCCC1. The molecule has 0 amide bonds. The summed E-state index contributed by atoms with van der Waals surface area (Å²) in [5.41, 5.74) is 1.93. The van der Waals surface area contributed by atoms with E-state index in [0.717, 1.165) is 36.0 Å². The minimum absolute atomic E-state index is 0.213. The van der Waals surface area contributed by atoms with Crippen molar-refractivity contribution >= 4 is 5.97 Å². The Bertz CT molecular complexity index is 448. The van der Waals surface area contributed by atoms with Crippen LogP contribution in [0.2, 0.25) is 0 Å². The highest BCUT2D eigenvalue weighted by molar-refractivity contribution is 5.83. The molecule has 0 spiro atoms. The van der Waals surface area contributed by atoms with Crippen LogP contribution < -0.4 is 0 Å². The zero-order valence-electron chi connectivity index (χ0n) is 11.0. The first-order valence-corrected chi connectivity index (χ1v) is 6.51. The lowest BCUT2D eigenvalue weighted by Crippen LogP contribution is -2.39. The smallest absolute Gasteiger partial charge is 0.314 e. The van der Waals surface area contributed by atoms with Gasteiger partial charge in [0.2, 0.25) is 0 Å². The Labute approximate surface area is 107 Å². The fraction of sp³-hybridized carbons (Fsp3) is 0.533. The molecular formula is C15H20O3. The van der Waals surface area contributed by atoms with Gasteiger partial charge in [-0.05, 0) is 55.5 Å². The predicted octanol–water partition coefficient (Wildman–Crippen LogP) is 3.30. The molecule has 2 rings (SSSR count). The highest BCUT2D eigenvalue weighted by Gasteiger charge is 2.43. The topological polar surface area (TPSA) is 57.5 Å². The fourth-order valence-corrected chi connectivity index (χ4v) is 3.42. The number of aliphatic carboxylic acids is 1. The van der Waals surface area contributed by atoms with Gasteiger partial charge in [-0.1, -0.05) is 19.3 Å². The van der Waals surface area contributed by atoms with Crippen molar-refractivity contribution in [2.75, 3.05) is 0 Å². The molecule has 2 N–H and O–H groups in total. The maximum Gasteiger partial charge on any atom is 0.314 e. The predicted molar refractivity (Wildman–Crippen MR) is 70.0 cm³/mol. The molecule has 0 saturated heterocycles. The Balaban J connectivity index is 2.59. The molecule has 0 heterocycles. The molecule has 18 heavy (non-hydrogen) atoms. The van der Waals surface area contributed by atoms with Gasteiger partial charge in [0.05, 0.1) is 5.41 Å². The minimum Gasteiger partial charge on any atom is -0.508 e. The first-order chi connectivity index (χ1) is 8.47. The number of rotatable bonds is 2. The van der Waals surface area contributed by atoms with Crippen LogP contribution in [0.5, 0.6) is 5.75 Å². The van der Waals surface area contributed by atoms with Gasteiger partial charge >= 0.3 is 5.97 Å². The van der Waals surface area contributed by atoms with Crippen molar-refractivity contribution in [3.63, 3.8) is 0 Å². The molecule has 1 aromatic carbocycles. The number of carboxylic acids is 1. The summed E-state index contributed by atoms with van der Waals surface area (Å²) in [4.78, 5) is 11.8. The third-order valence-corrected chi connectivity index (χ3v) is 4.11. The molecule has 1 fully saturated rings. The van der Waals surface area contributed by atoms with Crippen LogP contribution in [0, 0.1) is 13.8 Å². The number of aromatic hydroxyl groups is 1. The van der Waals surface area contributed by atoms with E-state index in [4.69, 9.17) is 0 Å². The van der Waals surface area contributed by atoms with E-state index in [1.54, 1.807) is 12.1 Å². The normalized spacial score (nSPS) is 18.6. The van der Waals surface area contributed by atoms with Crippen molar-refractivity contribution in [2.45, 2.75) is 51.4 Å². The number of aryl methyl sites for hydroxylation is 2. The van der Waals surface area contributed by atoms with Gasteiger partial charge in [-0.2, -0.15) is 0 Å². The van der Waals surface area contributed by atoms with Gasteiger partial charge < -0.3 is 10.2 Å². The summed E-state index contributed by atoms with van der Waals surface area (Å²) in [5.74, 6) is -0.510. The van der Waals surface area contributed by atoms with Gasteiger partial charge in [0.15, 0.2) is 0 Å². The molecule has 1 aliphatic carbocycles. The highest BCUT2D eigenvalue weighted by Crippen LogP contribution is 2.43. The number of phenolic OH excluding ortho intramolecular Hbond substituents is 1. The van der Waals surface area contributed by atoms with Crippen molar-refractivity contribution in [1.29, 1.82) is 0 Å². The molecule has 0 unspecified atom stereocenters. The Morgan fingerprint density at radius 3 is 2.06 bits per heavy atom. The van der Waals surface area contributed by atoms with Crippen LogP contribution in [0.15, 0.2) is 12.1 Å². The molecule has 3 heteroatoms. The van der Waals surface area contributed by atoms with Crippen molar-refractivity contribution in [1.82, 2.24) is 0 Å². The Kier molecular flexibility index (Phi) is 3.33. The van der Waals surface area contributed by atoms with Crippen LogP contribution in [-0.2, 0) is 10.2 Å². The zero-order chi connectivity index (χ0) is 13.3. The first-order valence-electron chi connectivity index (χ1n) is 6.51. The van der Waals surface area contributed by atoms with Crippen LogP contribution in [-0.4, -0.2) is 16.2 Å². The van der Waals surface area contributed by atoms with Crippen LogP contribution in [0.4, 0.5) is 0 Å². The average Bonchev–Trinajstić information content (AvgIpc) is 2.28. The molecule has 1 aromatic rings. The molecule has 0 aliphatic heterocycles. The number of benzene rings is 1. The average molecular weight is 248 g/mol. The quantitative estimate of drug-likeness (QED) is 0.844. The molecule has 1 saturated carbocycles. The lowest BCUT2D eigenvalue weighted by atomic mass is 9.67. The summed E-state index contributed by atoms with van der Waals surface area (Å²) in [6.07, 6.45) is 4.45. The van der Waals surface area contributed by atoms with Gasteiger partial charge in [0.25, 0.3) is 0 Å². The molecule has 0 aromatic heterocycles. The van der Waals surface area contributed by atoms with E-state index in [1.165, 1.54) is 0 Å². The number of carbonyl (C=O) groups is 1. The number of hydrogen-bond donors (Lipinski definition) is 2. The van der Waals surface area contributed by atoms with Crippen molar-refractivity contribution in [2.24, 2.45) is 0 Å². The van der Waals surface area contributed by atoms with Gasteiger partial charge in [0.1, 0.15) is 5.75 Å². The maximum absolute atomic E-state index is 11.8. The molecular weight excluding hydrogens is 228 g/mol. The fourth-order valence-electron chi connectivity index (χ4n) is 3.42. The van der Waals surface area contributed by atoms with Crippen LogP contribution in [0.1, 0.15) is 48.8 Å². The number of carboxylic acid groups (broad SMARTS) is 1. The van der Waals surface area contributed by atoms with E-state index >= 15 is 0 Å². The van der Waals surface area contributed by atoms with Gasteiger partial charge in [-0.15, -0.1) is 0 Å². The van der Waals surface area contributed by atoms with Crippen LogP contribution in [0.25, 0.3) is 0 Å². The van der Waals surface area contributed by atoms with Gasteiger partial charge in [0, 0.05) is 0 Å². The molecule has 0 bridgehead atoms. The standard InChI is InChI=1S/C15H20O3/c1-10-8-12(16)9-11(2)13(10)15(14(17)18)6-4-3-5-7-15/h8-9,16H,3-7H2,1-2H3,(H,17,18). The maximum atomic E-state index is 11.8. The second kappa shape index (κ2) is 4.63. The number of phenols is 1. The molecule has 0 atom stereocenters. The van der Waals surface area contributed by atoms with Crippen molar-refractivity contribution in [3.8, 4) is 5.75 Å². The summed E-state index contributed by atoms with van der Waals surface area (Å²) < 4.78 is 0. The summed E-state index contributed by atoms with van der Waals surface area (Å²) in [5, 5.41) is 19.3. The number of hydrogen-bond acceptors (Lipinski definition) is 2. The van der Waals surface area contributed by atoms with E-state index in [9.17, 15) is 15.0 Å². The summed E-state index contributed by atoms with van der Waals surface area (Å²) in [6, 6.07) is 3.34. The Morgan fingerprint density at radius 2 is 1.61 bits per heavy atom. The summed E-state index contributed by atoms with van der Waals surface area (Å²) in [7, 11) is 0. The van der Waals surface area contributed by atoms with E-state index in [0.29, 0.717) is 12.8 Å². The Hall–Kier alpha value is -1.51. The first kappa shape index (κ1) is 12.9. The molecule has 0 radical (unpaired) electrons. The highest BCUT2D eigenvalue weighted by atomic mass is 16.4. The second-order valence-electron chi connectivity index (χ2n) is 5.40. The summed E-state index contributed by atoms with van der Waals surface area (Å²) >= 11 is 0. The van der Waals surface area contributed by atoms with E-state index in [2.05, 4.69) is 0 Å². The van der Waals surface area contributed by atoms with E-state index in [-0.39, 0.29) is 5.75 Å². The van der Waals surface area contributed by atoms with Crippen LogP contribution >= 0.6 is 0 Å². The molecule has 1 aliphatic rings. The largest absolute Gasteiger partial charge is 0.508 e. The van der Waals surface area contributed by atoms with Gasteiger partial charge in [-0.25, -0.2) is 0 Å². The molecule has 98 valence electrons. The Morgan fingerprint density at radius 1 is 1.11 bits per heavy atom. The lowest BCUT2D eigenvalue weighted by Gasteiger charge is -2.36. The molecule has 3 nitrogen and oxygen atoms in total. The second-order valence-corrected chi connectivity index (χ2v) is 5.40.